The van der Waals surface area contributed by atoms with Gasteiger partial charge in [-0.1, -0.05) is 45.0 Å². The zero-order valence-corrected chi connectivity index (χ0v) is 15.0. The average molecular weight is 290 g/mol. The van der Waals surface area contributed by atoms with Gasteiger partial charge in [0, 0.05) is 11.6 Å². The molecule has 2 nitrogen and oxygen atoms in total. The van der Waals surface area contributed by atoms with E-state index in [0.29, 0.717) is 12.0 Å². The Morgan fingerprint density at radius 1 is 1.10 bits per heavy atom. The third-order valence-electron chi connectivity index (χ3n) is 4.73. The molecule has 1 unspecified atom stereocenters. The Kier molecular flexibility index (Phi) is 6.89. The van der Waals surface area contributed by atoms with Crippen LogP contribution in [0.4, 0.5) is 0 Å². The van der Waals surface area contributed by atoms with Crippen LogP contribution < -0.4 is 5.32 Å². The van der Waals surface area contributed by atoms with E-state index in [1.54, 1.807) is 0 Å². The molecule has 1 aromatic rings. The summed E-state index contributed by atoms with van der Waals surface area (Å²) < 4.78 is 0. The fourth-order valence-electron chi connectivity index (χ4n) is 2.48. The maximum atomic E-state index is 3.74. The predicted molar refractivity (Wildman–Crippen MR) is 94.1 cm³/mol. The predicted octanol–water partition coefficient (Wildman–Crippen LogP) is 4.06. The minimum Gasteiger partial charge on any atom is -0.312 e. The molecule has 0 spiro atoms. The van der Waals surface area contributed by atoms with Crippen molar-refractivity contribution in [1.82, 2.24) is 10.2 Å². The van der Waals surface area contributed by atoms with Gasteiger partial charge in [-0.2, -0.15) is 0 Å². The van der Waals surface area contributed by atoms with Crippen molar-refractivity contribution in [3.63, 3.8) is 0 Å². The summed E-state index contributed by atoms with van der Waals surface area (Å²) in [5.41, 5.74) is 2.97. The fraction of sp³-hybridized carbons (Fsp3) is 0.684. The Balaban J connectivity index is 2.85. The van der Waals surface area contributed by atoms with E-state index in [1.165, 1.54) is 17.5 Å². The molecule has 0 amide bonds. The van der Waals surface area contributed by atoms with Crippen molar-refractivity contribution in [1.29, 1.82) is 0 Å². The summed E-state index contributed by atoms with van der Waals surface area (Å²) in [6, 6.07) is 9.60. The Morgan fingerprint density at radius 2 is 1.67 bits per heavy atom. The van der Waals surface area contributed by atoms with Gasteiger partial charge in [-0.3, -0.25) is 0 Å². The second-order valence-electron chi connectivity index (χ2n) is 7.16. The first-order chi connectivity index (χ1) is 9.78. The van der Waals surface area contributed by atoms with E-state index in [0.717, 1.165) is 13.0 Å². The van der Waals surface area contributed by atoms with Crippen molar-refractivity contribution >= 4 is 0 Å². The van der Waals surface area contributed by atoms with Gasteiger partial charge in [-0.15, -0.1) is 0 Å². The van der Waals surface area contributed by atoms with Gasteiger partial charge in [0.1, 0.15) is 0 Å². The van der Waals surface area contributed by atoms with E-state index < -0.39 is 0 Å². The van der Waals surface area contributed by atoms with Crippen LogP contribution in [0.15, 0.2) is 24.3 Å². The Hall–Kier alpha value is -0.860. The van der Waals surface area contributed by atoms with Crippen LogP contribution in [0.3, 0.4) is 0 Å². The molecule has 0 aliphatic carbocycles. The molecule has 0 saturated carbocycles. The largest absolute Gasteiger partial charge is 0.312 e. The smallest absolute Gasteiger partial charge is 0.0303 e. The molecule has 120 valence electrons. The van der Waals surface area contributed by atoms with E-state index in [9.17, 15) is 0 Å². The van der Waals surface area contributed by atoms with Crippen LogP contribution in [0.2, 0.25) is 0 Å². The SMILES string of the molecule is CCCNC(Cc1ccc(C(C)C)cc1)C(C)(C)N(C)C. The highest BCUT2D eigenvalue weighted by atomic mass is 15.2. The standard InChI is InChI=1S/C19H34N2/c1-8-13-20-18(19(4,5)21(6)7)14-16-9-11-17(12-10-16)15(2)3/h9-12,15,18,20H,8,13-14H2,1-7H3. The van der Waals surface area contributed by atoms with Gasteiger partial charge in [-0.25, -0.2) is 0 Å². The number of likely N-dealkylation sites (N-methyl/N-ethyl adjacent to an activating group) is 1. The van der Waals surface area contributed by atoms with Gasteiger partial charge in [0.25, 0.3) is 0 Å². The zero-order valence-electron chi connectivity index (χ0n) is 15.0. The monoisotopic (exact) mass is 290 g/mol. The van der Waals surface area contributed by atoms with Crippen molar-refractivity contribution in [3.05, 3.63) is 35.4 Å². The number of nitrogens with zero attached hydrogens (tertiary/aromatic N) is 1. The molecule has 1 aromatic carbocycles. The van der Waals surface area contributed by atoms with Crippen LogP contribution in [0, 0.1) is 0 Å². The number of hydrogen-bond donors (Lipinski definition) is 1. The van der Waals surface area contributed by atoms with E-state index in [4.69, 9.17) is 0 Å². The lowest BCUT2D eigenvalue weighted by Crippen LogP contribution is -2.56. The summed E-state index contributed by atoms with van der Waals surface area (Å²) in [5.74, 6) is 0.603. The second-order valence-corrected chi connectivity index (χ2v) is 7.16. The Labute approximate surface area is 131 Å². The molecule has 0 saturated heterocycles. The molecule has 0 aliphatic rings. The topological polar surface area (TPSA) is 15.3 Å². The molecule has 0 fully saturated rings. The van der Waals surface area contributed by atoms with Crippen molar-refractivity contribution in [3.8, 4) is 0 Å². The summed E-state index contributed by atoms with van der Waals surface area (Å²) >= 11 is 0. The van der Waals surface area contributed by atoms with Gasteiger partial charge in [-0.05, 0) is 64.4 Å². The van der Waals surface area contributed by atoms with Gasteiger partial charge < -0.3 is 10.2 Å². The molecule has 21 heavy (non-hydrogen) atoms. The van der Waals surface area contributed by atoms with Crippen LogP contribution in [0.25, 0.3) is 0 Å². The summed E-state index contributed by atoms with van der Waals surface area (Å²) in [4.78, 5) is 2.32. The lowest BCUT2D eigenvalue weighted by molar-refractivity contribution is 0.137. The molecule has 1 N–H and O–H groups in total. The van der Waals surface area contributed by atoms with Gasteiger partial charge in [0.2, 0.25) is 0 Å². The molecule has 0 bridgehead atoms. The highest BCUT2D eigenvalue weighted by Crippen LogP contribution is 2.21. The van der Waals surface area contributed by atoms with Crippen molar-refractivity contribution < 1.29 is 0 Å². The summed E-state index contributed by atoms with van der Waals surface area (Å²) in [5, 5.41) is 3.74. The van der Waals surface area contributed by atoms with E-state index in [-0.39, 0.29) is 5.54 Å². The van der Waals surface area contributed by atoms with Crippen LogP contribution in [-0.4, -0.2) is 37.1 Å². The minimum atomic E-state index is 0.131. The van der Waals surface area contributed by atoms with Gasteiger partial charge >= 0.3 is 0 Å². The summed E-state index contributed by atoms with van der Waals surface area (Å²) in [6.07, 6.45) is 2.25. The van der Waals surface area contributed by atoms with Gasteiger partial charge in [0.15, 0.2) is 0 Å². The molecule has 0 radical (unpaired) electrons. The molecule has 0 aliphatic heterocycles. The number of hydrogen-bond acceptors (Lipinski definition) is 2. The highest BCUT2D eigenvalue weighted by molar-refractivity contribution is 5.25. The van der Waals surface area contributed by atoms with E-state index in [2.05, 4.69) is 83.2 Å². The zero-order chi connectivity index (χ0) is 16.0. The molecule has 0 aromatic heterocycles. The van der Waals surface area contributed by atoms with E-state index in [1.807, 2.05) is 0 Å². The lowest BCUT2D eigenvalue weighted by atomic mass is 9.87. The first-order valence-electron chi connectivity index (χ1n) is 8.28. The molecular formula is C19H34N2. The second kappa shape index (κ2) is 7.95. The van der Waals surface area contributed by atoms with Crippen LogP contribution in [0.5, 0.6) is 0 Å². The third-order valence-corrected chi connectivity index (χ3v) is 4.73. The maximum absolute atomic E-state index is 3.74. The maximum Gasteiger partial charge on any atom is 0.0303 e. The first kappa shape index (κ1) is 18.2. The van der Waals surface area contributed by atoms with Crippen LogP contribution in [0.1, 0.15) is 58.1 Å². The third kappa shape index (κ3) is 5.12. The molecular weight excluding hydrogens is 256 g/mol. The number of nitrogens with one attached hydrogen (secondary N) is 1. The Bertz CT molecular complexity index is 404. The minimum absolute atomic E-state index is 0.131. The van der Waals surface area contributed by atoms with Crippen LogP contribution >= 0.6 is 0 Å². The first-order valence-corrected chi connectivity index (χ1v) is 8.28. The van der Waals surface area contributed by atoms with Gasteiger partial charge in [0.05, 0.1) is 0 Å². The molecule has 0 heterocycles. The highest BCUT2D eigenvalue weighted by Gasteiger charge is 2.31. The molecule has 1 atom stereocenters. The normalized spacial score (nSPS) is 14.0. The summed E-state index contributed by atoms with van der Waals surface area (Å²) in [7, 11) is 4.34. The number of benzene rings is 1. The van der Waals surface area contributed by atoms with Crippen molar-refractivity contribution in [2.45, 2.75) is 65.0 Å². The van der Waals surface area contributed by atoms with Crippen molar-refractivity contribution in [2.24, 2.45) is 0 Å². The quantitative estimate of drug-likeness (QED) is 0.776. The van der Waals surface area contributed by atoms with E-state index >= 15 is 0 Å². The van der Waals surface area contributed by atoms with Crippen LogP contribution in [-0.2, 0) is 6.42 Å². The molecule has 2 heteroatoms. The lowest BCUT2D eigenvalue weighted by Gasteiger charge is -2.41. The average Bonchev–Trinajstić information content (AvgIpc) is 2.43. The fourth-order valence-corrected chi connectivity index (χ4v) is 2.48. The summed E-state index contributed by atoms with van der Waals surface area (Å²) in [6.45, 7) is 12.4. The molecule has 1 rings (SSSR count). The Morgan fingerprint density at radius 3 is 2.10 bits per heavy atom. The number of rotatable bonds is 8. The van der Waals surface area contributed by atoms with Crippen molar-refractivity contribution in [2.75, 3.05) is 20.6 Å².